The van der Waals surface area contributed by atoms with Crippen LogP contribution in [0.1, 0.15) is 35.2 Å². The second-order valence-electron chi connectivity index (χ2n) is 6.40. The Labute approximate surface area is 118 Å². The van der Waals surface area contributed by atoms with E-state index in [4.69, 9.17) is 5.26 Å². The summed E-state index contributed by atoms with van der Waals surface area (Å²) >= 11 is 0. The average molecular weight is 267 g/mol. The van der Waals surface area contributed by atoms with Crippen molar-refractivity contribution in [2.24, 2.45) is 23.7 Å². The van der Waals surface area contributed by atoms with Crippen molar-refractivity contribution in [3.8, 4) is 6.07 Å². The van der Waals surface area contributed by atoms with E-state index in [9.17, 15) is 4.79 Å². The first-order valence-electron chi connectivity index (χ1n) is 7.41. The van der Waals surface area contributed by atoms with Crippen LogP contribution in [-0.2, 0) is 0 Å². The third-order valence-corrected chi connectivity index (χ3v) is 5.60. The van der Waals surface area contributed by atoms with Gasteiger partial charge in [0.15, 0.2) is 0 Å². The second kappa shape index (κ2) is 4.31. The fraction of sp³-hybridized carbons (Fsp3) is 0.562. The summed E-state index contributed by atoms with van der Waals surface area (Å²) in [4.78, 5) is 18.6. The van der Waals surface area contributed by atoms with E-state index in [1.54, 1.807) is 12.3 Å². The Hall–Kier alpha value is -1.89. The fourth-order valence-electron chi connectivity index (χ4n) is 4.68. The topological polar surface area (TPSA) is 57.0 Å². The molecule has 4 nitrogen and oxygen atoms in total. The minimum absolute atomic E-state index is 0.0107. The van der Waals surface area contributed by atoms with Gasteiger partial charge in [0, 0.05) is 25.5 Å². The number of fused-ring (bicyclic) bond motifs is 5. The van der Waals surface area contributed by atoms with Crippen LogP contribution < -0.4 is 0 Å². The van der Waals surface area contributed by atoms with Gasteiger partial charge in [-0.1, -0.05) is 0 Å². The minimum Gasteiger partial charge on any atom is -0.338 e. The van der Waals surface area contributed by atoms with E-state index in [-0.39, 0.29) is 5.91 Å². The molecule has 0 aromatic carbocycles. The Morgan fingerprint density at radius 2 is 2.00 bits per heavy atom. The van der Waals surface area contributed by atoms with Gasteiger partial charge in [-0.25, -0.2) is 0 Å². The first-order valence-corrected chi connectivity index (χ1v) is 7.41. The minimum atomic E-state index is -0.0107. The molecule has 4 atom stereocenters. The van der Waals surface area contributed by atoms with Crippen molar-refractivity contribution in [1.29, 1.82) is 5.26 Å². The Morgan fingerprint density at radius 3 is 2.65 bits per heavy atom. The first kappa shape index (κ1) is 11.9. The van der Waals surface area contributed by atoms with Crippen molar-refractivity contribution in [2.75, 3.05) is 13.1 Å². The standard InChI is InChI=1S/C16H17N3O/c17-6-12-3-4-18-7-13(12)16(20)19-8-14-10-1-2-11(5-10)15(14)9-19/h3-4,7,10-11,14-15H,1-2,5,8-9H2. The number of pyridine rings is 1. The Morgan fingerprint density at radius 1 is 1.30 bits per heavy atom. The normalized spacial score (nSPS) is 34.0. The van der Waals surface area contributed by atoms with Crippen LogP contribution in [0.2, 0.25) is 0 Å². The highest BCUT2D eigenvalue weighted by molar-refractivity contribution is 5.96. The van der Waals surface area contributed by atoms with Gasteiger partial charge in [0.25, 0.3) is 5.91 Å². The lowest BCUT2D eigenvalue weighted by Crippen LogP contribution is -2.31. The maximum atomic E-state index is 12.6. The van der Waals surface area contributed by atoms with E-state index >= 15 is 0 Å². The van der Waals surface area contributed by atoms with Gasteiger partial charge < -0.3 is 4.90 Å². The summed E-state index contributed by atoms with van der Waals surface area (Å²) in [6, 6.07) is 3.71. The molecule has 0 spiro atoms. The number of hydrogen-bond acceptors (Lipinski definition) is 3. The molecule has 2 bridgehead atoms. The lowest BCUT2D eigenvalue weighted by molar-refractivity contribution is 0.0775. The molecule has 20 heavy (non-hydrogen) atoms. The first-order chi connectivity index (χ1) is 9.78. The number of rotatable bonds is 1. The summed E-state index contributed by atoms with van der Waals surface area (Å²) in [6.07, 6.45) is 7.18. The van der Waals surface area contributed by atoms with Crippen LogP contribution in [0, 0.1) is 35.0 Å². The summed E-state index contributed by atoms with van der Waals surface area (Å²) in [5.74, 6) is 3.09. The molecule has 1 aliphatic heterocycles. The molecule has 2 saturated carbocycles. The van der Waals surface area contributed by atoms with Crippen molar-refractivity contribution in [2.45, 2.75) is 19.3 Å². The molecule has 4 unspecified atom stereocenters. The molecule has 2 heterocycles. The largest absolute Gasteiger partial charge is 0.338 e. The molecule has 2 aliphatic carbocycles. The molecule has 1 aromatic rings. The van der Waals surface area contributed by atoms with Crippen molar-refractivity contribution in [1.82, 2.24) is 9.88 Å². The monoisotopic (exact) mass is 267 g/mol. The zero-order valence-electron chi connectivity index (χ0n) is 11.3. The summed E-state index contributed by atoms with van der Waals surface area (Å²) < 4.78 is 0. The lowest BCUT2D eigenvalue weighted by Gasteiger charge is -2.22. The highest BCUT2D eigenvalue weighted by Gasteiger charge is 2.52. The molecule has 102 valence electrons. The van der Waals surface area contributed by atoms with Gasteiger partial charge in [0.05, 0.1) is 11.1 Å². The second-order valence-corrected chi connectivity index (χ2v) is 6.40. The number of hydrogen-bond donors (Lipinski definition) is 0. The quantitative estimate of drug-likeness (QED) is 0.782. The van der Waals surface area contributed by atoms with Gasteiger partial charge in [-0.3, -0.25) is 9.78 Å². The number of likely N-dealkylation sites (tertiary alicyclic amines) is 1. The maximum absolute atomic E-state index is 12.6. The van der Waals surface area contributed by atoms with Gasteiger partial charge >= 0.3 is 0 Å². The molecule has 0 N–H and O–H groups in total. The third kappa shape index (κ3) is 1.59. The molecule has 3 fully saturated rings. The van der Waals surface area contributed by atoms with Crippen LogP contribution in [-0.4, -0.2) is 28.9 Å². The zero-order chi connectivity index (χ0) is 13.7. The molecule has 0 radical (unpaired) electrons. The average Bonchev–Trinajstić information content (AvgIpc) is 3.18. The molecule has 1 amide bonds. The van der Waals surface area contributed by atoms with E-state index in [1.807, 2.05) is 4.90 Å². The van der Waals surface area contributed by atoms with E-state index < -0.39 is 0 Å². The van der Waals surface area contributed by atoms with Gasteiger partial charge in [-0.15, -0.1) is 0 Å². The SMILES string of the molecule is N#Cc1ccncc1C(=O)N1CC2C3CCC(C3)C2C1. The molecule has 1 saturated heterocycles. The van der Waals surface area contributed by atoms with Gasteiger partial charge in [-0.2, -0.15) is 5.26 Å². The van der Waals surface area contributed by atoms with Crippen molar-refractivity contribution in [3.05, 3.63) is 29.6 Å². The van der Waals surface area contributed by atoms with E-state index in [1.165, 1.54) is 25.5 Å². The number of nitrogens with zero attached hydrogens (tertiary/aromatic N) is 3. The van der Waals surface area contributed by atoms with Gasteiger partial charge in [0.1, 0.15) is 6.07 Å². The summed E-state index contributed by atoms with van der Waals surface area (Å²) in [7, 11) is 0. The molecule has 4 rings (SSSR count). The van der Waals surface area contributed by atoms with Crippen LogP contribution >= 0.6 is 0 Å². The number of carbonyl (C=O) groups excluding carboxylic acids is 1. The summed E-state index contributed by atoms with van der Waals surface area (Å²) in [5, 5.41) is 9.12. The molecule has 1 aromatic heterocycles. The summed E-state index contributed by atoms with van der Waals surface area (Å²) in [5.41, 5.74) is 0.896. The number of carbonyl (C=O) groups is 1. The van der Waals surface area contributed by atoms with Gasteiger partial charge in [0.2, 0.25) is 0 Å². The van der Waals surface area contributed by atoms with Crippen molar-refractivity contribution >= 4 is 5.91 Å². The van der Waals surface area contributed by atoms with Crippen LogP contribution in [0.15, 0.2) is 18.5 Å². The molecular formula is C16H17N3O. The molecular weight excluding hydrogens is 250 g/mol. The Kier molecular flexibility index (Phi) is 2.56. The van der Waals surface area contributed by atoms with Crippen LogP contribution in [0.5, 0.6) is 0 Å². The third-order valence-electron chi connectivity index (χ3n) is 5.60. The van der Waals surface area contributed by atoms with Crippen LogP contribution in [0.25, 0.3) is 0 Å². The predicted octanol–water partition coefficient (Wildman–Crippen LogP) is 2.07. The van der Waals surface area contributed by atoms with Crippen molar-refractivity contribution < 1.29 is 4.79 Å². The van der Waals surface area contributed by atoms with E-state index in [0.29, 0.717) is 23.0 Å². The van der Waals surface area contributed by atoms with Gasteiger partial charge in [-0.05, 0) is 49.0 Å². The van der Waals surface area contributed by atoms with Crippen LogP contribution in [0.3, 0.4) is 0 Å². The Balaban J connectivity index is 1.58. The van der Waals surface area contributed by atoms with Crippen molar-refractivity contribution in [3.63, 3.8) is 0 Å². The highest BCUT2D eigenvalue weighted by Crippen LogP contribution is 2.55. The summed E-state index contributed by atoms with van der Waals surface area (Å²) in [6.45, 7) is 1.76. The lowest BCUT2D eigenvalue weighted by atomic mass is 9.82. The molecule has 4 heteroatoms. The van der Waals surface area contributed by atoms with E-state index in [2.05, 4.69) is 11.1 Å². The van der Waals surface area contributed by atoms with Crippen LogP contribution in [0.4, 0.5) is 0 Å². The molecule has 3 aliphatic rings. The maximum Gasteiger partial charge on any atom is 0.256 e. The number of amides is 1. The van der Waals surface area contributed by atoms with E-state index in [0.717, 1.165) is 24.9 Å². The zero-order valence-corrected chi connectivity index (χ0v) is 11.3. The number of nitriles is 1. The smallest absolute Gasteiger partial charge is 0.256 e. The predicted molar refractivity (Wildman–Crippen MR) is 72.7 cm³/mol. The number of aromatic nitrogens is 1. The Bertz CT molecular complexity index is 588. The fourth-order valence-corrected chi connectivity index (χ4v) is 4.68. The highest BCUT2D eigenvalue weighted by atomic mass is 16.2.